The molecule has 0 spiro atoms. The average Bonchev–Trinajstić information content (AvgIpc) is 2.84. The Kier molecular flexibility index (Phi) is 3.93. The Morgan fingerprint density at radius 2 is 2.42 bits per heavy atom. The highest BCUT2D eigenvalue weighted by Crippen LogP contribution is 2.44. The van der Waals surface area contributed by atoms with E-state index in [0.717, 1.165) is 5.01 Å². The molecule has 3 atom stereocenters. The Labute approximate surface area is 119 Å². The Morgan fingerprint density at radius 1 is 1.74 bits per heavy atom. The summed E-state index contributed by atoms with van der Waals surface area (Å²) in [4.78, 5) is 4.52. The van der Waals surface area contributed by atoms with Crippen LogP contribution in [0.25, 0.3) is 5.70 Å². The van der Waals surface area contributed by atoms with Gasteiger partial charge in [0.15, 0.2) is 0 Å². The van der Waals surface area contributed by atoms with Crippen LogP contribution in [-0.4, -0.2) is 21.5 Å². The largest absolute Gasteiger partial charge is 0.396 e. The maximum atomic E-state index is 8.61. The van der Waals surface area contributed by atoms with Crippen LogP contribution in [-0.2, 0) is 4.74 Å². The molecule has 1 aliphatic rings. The van der Waals surface area contributed by atoms with Gasteiger partial charge in [-0.1, -0.05) is 9.39 Å². The summed E-state index contributed by atoms with van der Waals surface area (Å²) in [6.07, 6.45) is 1.35. The number of aromatic nitrogens is 1. The van der Waals surface area contributed by atoms with Crippen molar-refractivity contribution in [1.82, 2.24) is 9.65 Å². The third kappa shape index (κ3) is 2.65. The molecule has 1 aromatic rings. The quantitative estimate of drug-likeness (QED) is 0.669. The monoisotopic (exact) mass is 296 g/mol. The molecule has 7 heteroatoms. The fourth-order valence-corrected chi connectivity index (χ4v) is 3.73. The zero-order chi connectivity index (χ0) is 14.2. The van der Waals surface area contributed by atoms with Gasteiger partial charge in [-0.15, -0.1) is 11.3 Å². The number of nitrogens with zero attached hydrogens (tertiary/aromatic N) is 3. The predicted molar refractivity (Wildman–Crippen MR) is 78.8 cm³/mol. The van der Waals surface area contributed by atoms with Crippen molar-refractivity contribution < 1.29 is 4.74 Å². The molecule has 0 saturated carbocycles. The van der Waals surface area contributed by atoms with Gasteiger partial charge < -0.3 is 10.5 Å². The number of ether oxygens (including phenoxy) is 1. The van der Waals surface area contributed by atoms with Gasteiger partial charge in [-0.05, 0) is 20.8 Å². The second-order valence-electron chi connectivity index (χ2n) is 4.92. The highest BCUT2D eigenvalue weighted by Gasteiger charge is 2.45. The van der Waals surface area contributed by atoms with Crippen LogP contribution in [0.3, 0.4) is 0 Å². The summed E-state index contributed by atoms with van der Waals surface area (Å²) in [6, 6.07) is 1.99. The second-order valence-corrected chi connectivity index (χ2v) is 6.37. The van der Waals surface area contributed by atoms with Crippen molar-refractivity contribution >= 4 is 26.4 Å². The molecule has 1 saturated heterocycles. The molecule has 2 rings (SSSR count). The Morgan fingerprint density at radius 3 is 2.95 bits per heavy atom. The SMILES string of the molecule is CC1OC(C)(C)N(P)C1c1nc(/C(N)=C/C#N)cs1. The molecule has 2 N–H and O–H groups in total. The Balaban J connectivity index is 2.29. The predicted octanol–water partition coefficient (Wildman–Crippen LogP) is 2.25. The van der Waals surface area contributed by atoms with Gasteiger partial charge >= 0.3 is 0 Å². The van der Waals surface area contributed by atoms with Gasteiger partial charge in [0.25, 0.3) is 0 Å². The first-order chi connectivity index (χ1) is 8.86. The third-order valence-corrected chi connectivity index (χ3v) is 4.99. The lowest BCUT2D eigenvalue weighted by molar-refractivity contribution is -0.0415. The number of thiazole rings is 1. The molecule has 1 aliphatic heterocycles. The second kappa shape index (κ2) is 5.18. The zero-order valence-corrected chi connectivity index (χ0v) is 13.1. The van der Waals surface area contributed by atoms with Gasteiger partial charge in [-0.3, -0.25) is 0 Å². The van der Waals surface area contributed by atoms with E-state index in [1.165, 1.54) is 17.4 Å². The minimum Gasteiger partial charge on any atom is -0.396 e. The minimum absolute atomic E-state index is 0.0488. The molecule has 102 valence electrons. The van der Waals surface area contributed by atoms with E-state index in [1.807, 2.05) is 32.2 Å². The van der Waals surface area contributed by atoms with Gasteiger partial charge in [0, 0.05) is 11.5 Å². The molecule has 3 unspecified atom stereocenters. The van der Waals surface area contributed by atoms with Gasteiger partial charge in [-0.2, -0.15) is 5.26 Å². The molecule has 19 heavy (non-hydrogen) atoms. The zero-order valence-electron chi connectivity index (χ0n) is 11.1. The number of hydrogen-bond acceptors (Lipinski definition) is 6. The fraction of sp³-hybridized carbons (Fsp3) is 0.500. The van der Waals surface area contributed by atoms with E-state index >= 15 is 0 Å². The number of hydrogen-bond donors (Lipinski definition) is 1. The first kappa shape index (κ1) is 14.4. The fourth-order valence-electron chi connectivity index (χ4n) is 2.16. The van der Waals surface area contributed by atoms with E-state index in [9.17, 15) is 0 Å². The normalized spacial score (nSPS) is 27.4. The Bertz CT molecular complexity index is 548. The van der Waals surface area contributed by atoms with E-state index in [-0.39, 0.29) is 17.9 Å². The van der Waals surface area contributed by atoms with Crippen molar-refractivity contribution in [3.05, 3.63) is 22.2 Å². The van der Waals surface area contributed by atoms with Gasteiger partial charge in [0.2, 0.25) is 0 Å². The summed E-state index contributed by atoms with van der Waals surface area (Å²) in [5, 5.41) is 11.4. The third-order valence-electron chi connectivity index (χ3n) is 3.13. The number of allylic oxidation sites excluding steroid dienone is 1. The summed E-state index contributed by atoms with van der Waals surface area (Å²) >= 11 is 1.53. The maximum Gasteiger partial charge on any atom is 0.120 e. The van der Waals surface area contributed by atoms with Crippen molar-refractivity contribution in [1.29, 1.82) is 5.26 Å². The summed E-state index contributed by atoms with van der Waals surface area (Å²) in [7, 11) is 2.71. The van der Waals surface area contributed by atoms with Crippen LogP contribution in [0.4, 0.5) is 0 Å². The highest BCUT2D eigenvalue weighted by atomic mass is 32.1. The van der Waals surface area contributed by atoms with Crippen molar-refractivity contribution in [3.63, 3.8) is 0 Å². The van der Waals surface area contributed by atoms with Crippen molar-refractivity contribution in [2.75, 3.05) is 0 Å². The average molecular weight is 296 g/mol. The van der Waals surface area contributed by atoms with Crippen LogP contribution in [0.2, 0.25) is 0 Å². The van der Waals surface area contributed by atoms with Gasteiger partial charge in [0.05, 0.1) is 29.6 Å². The molecule has 0 radical (unpaired) electrons. The molecular formula is C12H17N4OPS. The van der Waals surface area contributed by atoms with Crippen molar-refractivity contribution in [3.8, 4) is 6.07 Å². The summed E-state index contributed by atoms with van der Waals surface area (Å²) in [6.45, 7) is 6.08. The van der Waals surface area contributed by atoms with E-state index in [2.05, 4.69) is 19.0 Å². The molecule has 2 heterocycles. The standard InChI is InChI=1S/C12H17N4OPS/c1-7-10(16(18)12(2,3)17-7)11-15-9(6-19-11)8(14)4-5-13/h4,6-7,10H,14,18H2,1-3H3/b8-4-. The Hall–Kier alpha value is -0.990. The smallest absolute Gasteiger partial charge is 0.120 e. The topological polar surface area (TPSA) is 75.2 Å². The molecule has 1 fully saturated rings. The van der Waals surface area contributed by atoms with Crippen LogP contribution < -0.4 is 5.73 Å². The minimum atomic E-state index is -0.339. The van der Waals surface area contributed by atoms with E-state index in [1.54, 1.807) is 0 Å². The number of rotatable bonds is 2. The van der Waals surface area contributed by atoms with E-state index < -0.39 is 0 Å². The molecule has 1 aromatic heterocycles. The van der Waals surface area contributed by atoms with Crippen LogP contribution in [0, 0.1) is 11.3 Å². The van der Waals surface area contributed by atoms with E-state index in [4.69, 9.17) is 15.7 Å². The molecule has 0 amide bonds. The van der Waals surface area contributed by atoms with Gasteiger partial charge in [-0.25, -0.2) is 9.65 Å². The van der Waals surface area contributed by atoms with Crippen LogP contribution in [0.1, 0.15) is 37.5 Å². The summed E-state index contributed by atoms with van der Waals surface area (Å²) < 4.78 is 8.01. The molecular weight excluding hydrogens is 279 g/mol. The van der Waals surface area contributed by atoms with Crippen molar-refractivity contribution in [2.24, 2.45) is 5.73 Å². The first-order valence-corrected chi connectivity index (χ1v) is 7.29. The number of nitrogens with two attached hydrogens (primary N) is 1. The van der Waals surface area contributed by atoms with E-state index in [0.29, 0.717) is 11.4 Å². The maximum absolute atomic E-state index is 8.61. The lowest BCUT2D eigenvalue weighted by atomic mass is 10.2. The van der Waals surface area contributed by atoms with Crippen LogP contribution >= 0.6 is 20.7 Å². The molecule has 0 aromatic carbocycles. The number of nitriles is 1. The first-order valence-electron chi connectivity index (χ1n) is 5.89. The summed E-state index contributed by atoms with van der Waals surface area (Å²) in [5.74, 6) is 0. The molecule has 0 aliphatic carbocycles. The highest BCUT2D eigenvalue weighted by molar-refractivity contribution is 7.13. The lowest BCUT2D eigenvalue weighted by Gasteiger charge is -2.28. The lowest BCUT2D eigenvalue weighted by Crippen LogP contribution is -2.32. The van der Waals surface area contributed by atoms with Crippen molar-refractivity contribution in [2.45, 2.75) is 38.6 Å². The molecule has 5 nitrogen and oxygen atoms in total. The van der Waals surface area contributed by atoms with Crippen LogP contribution in [0.5, 0.6) is 0 Å². The van der Waals surface area contributed by atoms with Crippen LogP contribution in [0.15, 0.2) is 11.5 Å². The molecule has 0 bridgehead atoms. The summed E-state index contributed by atoms with van der Waals surface area (Å²) in [5.41, 5.74) is 6.48. The van der Waals surface area contributed by atoms with Gasteiger partial charge in [0.1, 0.15) is 10.7 Å².